The zero-order valence-electron chi connectivity index (χ0n) is 11.4. The van der Waals surface area contributed by atoms with Crippen LogP contribution in [-0.4, -0.2) is 19.0 Å². The van der Waals surface area contributed by atoms with E-state index in [0.29, 0.717) is 12.5 Å². The van der Waals surface area contributed by atoms with Gasteiger partial charge in [0.05, 0.1) is 0 Å². The summed E-state index contributed by atoms with van der Waals surface area (Å²) in [5, 5.41) is 3.00. The summed E-state index contributed by atoms with van der Waals surface area (Å²) in [6, 6.07) is 7.69. The second-order valence-electron chi connectivity index (χ2n) is 4.63. The second-order valence-corrected chi connectivity index (χ2v) is 4.63. The Balaban J connectivity index is 2.58. The van der Waals surface area contributed by atoms with Crippen LogP contribution >= 0.6 is 0 Å². The van der Waals surface area contributed by atoms with Crippen molar-refractivity contribution in [2.45, 2.75) is 33.1 Å². The lowest BCUT2D eigenvalue weighted by Crippen LogP contribution is -2.29. The van der Waals surface area contributed by atoms with Crippen molar-refractivity contribution in [2.24, 2.45) is 11.7 Å². The first-order valence-electron chi connectivity index (χ1n) is 6.78. The second kappa shape index (κ2) is 7.88. The van der Waals surface area contributed by atoms with Crippen LogP contribution < -0.4 is 11.1 Å². The van der Waals surface area contributed by atoms with Gasteiger partial charge in [0.1, 0.15) is 0 Å². The number of nitrogens with two attached hydrogens (primary N) is 1. The van der Waals surface area contributed by atoms with Crippen LogP contribution in [0.4, 0.5) is 0 Å². The number of hydrogen-bond donors (Lipinski definition) is 2. The average molecular weight is 248 g/mol. The van der Waals surface area contributed by atoms with Gasteiger partial charge in [0.25, 0.3) is 5.91 Å². The molecule has 0 heterocycles. The molecule has 3 nitrogen and oxygen atoms in total. The standard InChI is InChI=1S/C15H24N2O/c1-3-12(4-2)11-17-15(18)14-7-5-6-13(10-14)8-9-16/h5-7,10,12H,3-4,8-9,11,16H2,1-2H3,(H,17,18). The summed E-state index contributed by atoms with van der Waals surface area (Å²) in [4.78, 5) is 12.0. The molecule has 3 N–H and O–H groups in total. The molecule has 0 bridgehead atoms. The molecule has 0 unspecified atom stereocenters. The molecule has 0 aliphatic carbocycles. The number of amides is 1. The van der Waals surface area contributed by atoms with Gasteiger partial charge in [0, 0.05) is 12.1 Å². The largest absolute Gasteiger partial charge is 0.352 e. The molecule has 1 amide bonds. The minimum absolute atomic E-state index is 0.0146. The van der Waals surface area contributed by atoms with Gasteiger partial charge in [0.15, 0.2) is 0 Å². The SMILES string of the molecule is CCC(CC)CNC(=O)c1cccc(CCN)c1. The Morgan fingerprint density at radius 3 is 2.67 bits per heavy atom. The molecule has 0 aromatic heterocycles. The molecule has 0 radical (unpaired) electrons. The maximum absolute atomic E-state index is 12.0. The van der Waals surface area contributed by atoms with Gasteiger partial charge in [-0.2, -0.15) is 0 Å². The van der Waals surface area contributed by atoms with Gasteiger partial charge in [-0.1, -0.05) is 38.8 Å². The summed E-state index contributed by atoms with van der Waals surface area (Å²) < 4.78 is 0. The van der Waals surface area contributed by atoms with Gasteiger partial charge in [-0.25, -0.2) is 0 Å². The van der Waals surface area contributed by atoms with Gasteiger partial charge >= 0.3 is 0 Å². The molecule has 0 saturated heterocycles. The molecule has 100 valence electrons. The Hall–Kier alpha value is -1.35. The Morgan fingerprint density at radius 1 is 1.33 bits per heavy atom. The van der Waals surface area contributed by atoms with Crippen molar-refractivity contribution in [1.82, 2.24) is 5.32 Å². The molecule has 18 heavy (non-hydrogen) atoms. The summed E-state index contributed by atoms with van der Waals surface area (Å²) in [5.74, 6) is 0.585. The van der Waals surface area contributed by atoms with Crippen molar-refractivity contribution in [3.05, 3.63) is 35.4 Å². The predicted octanol–water partition coefficient (Wildman–Crippen LogP) is 2.35. The van der Waals surface area contributed by atoms with Gasteiger partial charge in [-0.15, -0.1) is 0 Å². The minimum Gasteiger partial charge on any atom is -0.352 e. The highest BCUT2D eigenvalue weighted by molar-refractivity contribution is 5.94. The zero-order valence-corrected chi connectivity index (χ0v) is 11.4. The molecular weight excluding hydrogens is 224 g/mol. The Bertz CT molecular complexity index is 373. The quantitative estimate of drug-likeness (QED) is 0.778. The fourth-order valence-corrected chi connectivity index (χ4v) is 1.95. The first kappa shape index (κ1) is 14.7. The summed E-state index contributed by atoms with van der Waals surface area (Å²) in [5.41, 5.74) is 7.37. The zero-order chi connectivity index (χ0) is 13.4. The lowest BCUT2D eigenvalue weighted by molar-refractivity contribution is 0.0946. The van der Waals surface area contributed by atoms with Gasteiger partial charge < -0.3 is 11.1 Å². The smallest absolute Gasteiger partial charge is 0.251 e. The van der Waals surface area contributed by atoms with E-state index < -0.39 is 0 Å². The molecule has 0 atom stereocenters. The fourth-order valence-electron chi connectivity index (χ4n) is 1.95. The van der Waals surface area contributed by atoms with Crippen LogP contribution in [0.2, 0.25) is 0 Å². The number of hydrogen-bond acceptors (Lipinski definition) is 2. The molecule has 0 saturated carbocycles. The Morgan fingerprint density at radius 2 is 2.06 bits per heavy atom. The average Bonchev–Trinajstić information content (AvgIpc) is 2.40. The van der Waals surface area contributed by atoms with E-state index in [2.05, 4.69) is 19.2 Å². The number of nitrogens with one attached hydrogen (secondary N) is 1. The van der Waals surface area contributed by atoms with Crippen molar-refractivity contribution in [3.8, 4) is 0 Å². The van der Waals surface area contributed by atoms with Crippen LogP contribution in [0.25, 0.3) is 0 Å². The van der Waals surface area contributed by atoms with Crippen LogP contribution in [0.15, 0.2) is 24.3 Å². The highest BCUT2D eigenvalue weighted by atomic mass is 16.1. The van der Waals surface area contributed by atoms with Crippen LogP contribution in [0, 0.1) is 5.92 Å². The van der Waals surface area contributed by atoms with E-state index in [1.54, 1.807) is 0 Å². The number of carbonyl (C=O) groups is 1. The molecule has 0 aliphatic rings. The first-order chi connectivity index (χ1) is 8.71. The first-order valence-corrected chi connectivity index (χ1v) is 6.78. The van der Waals surface area contributed by atoms with E-state index in [0.717, 1.165) is 36.9 Å². The molecule has 1 rings (SSSR count). The maximum atomic E-state index is 12.0. The van der Waals surface area contributed by atoms with Crippen molar-refractivity contribution in [2.75, 3.05) is 13.1 Å². The topological polar surface area (TPSA) is 55.1 Å². The third-order valence-electron chi connectivity index (χ3n) is 3.33. The third-order valence-corrected chi connectivity index (χ3v) is 3.33. The van der Waals surface area contributed by atoms with Crippen LogP contribution in [0.5, 0.6) is 0 Å². The molecule has 0 spiro atoms. The summed E-state index contributed by atoms with van der Waals surface area (Å²) in [6.45, 7) is 5.68. The third kappa shape index (κ3) is 4.49. The number of benzene rings is 1. The van der Waals surface area contributed by atoms with E-state index in [1.165, 1.54) is 0 Å². The summed E-state index contributed by atoms with van der Waals surface area (Å²) in [7, 11) is 0. The Labute approximate surface area is 110 Å². The maximum Gasteiger partial charge on any atom is 0.251 e. The molecule has 0 aliphatic heterocycles. The van der Waals surface area contributed by atoms with Gasteiger partial charge in [-0.3, -0.25) is 4.79 Å². The minimum atomic E-state index is 0.0146. The van der Waals surface area contributed by atoms with E-state index in [4.69, 9.17) is 5.73 Å². The van der Waals surface area contributed by atoms with Crippen molar-refractivity contribution < 1.29 is 4.79 Å². The highest BCUT2D eigenvalue weighted by Crippen LogP contribution is 2.08. The lowest BCUT2D eigenvalue weighted by Gasteiger charge is -2.13. The van der Waals surface area contributed by atoms with E-state index in [9.17, 15) is 4.79 Å². The normalized spacial score (nSPS) is 10.7. The van der Waals surface area contributed by atoms with E-state index in [-0.39, 0.29) is 5.91 Å². The highest BCUT2D eigenvalue weighted by Gasteiger charge is 2.08. The number of carbonyl (C=O) groups excluding carboxylic acids is 1. The van der Waals surface area contributed by atoms with Crippen LogP contribution in [0.1, 0.15) is 42.6 Å². The molecule has 3 heteroatoms. The van der Waals surface area contributed by atoms with E-state index >= 15 is 0 Å². The van der Waals surface area contributed by atoms with Crippen molar-refractivity contribution in [1.29, 1.82) is 0 Å². The predicted molar refractivity (Wildman–Crippen MR) is 75.6 cm³/mol. The van der Waals surface area contributed by atoms with Crippen LogP contribution in [0.3, 0.4) is 0 Å². The van der Waals surface area contributed by atoms with E-state index in [1.807, 2.05) is 24.3 Å². The van der Waals surface area contributed by atoms with Gasteiger partial charge in [0.2, 0.25) is 0 Å². The monoisotopic (exact) mass is 248 g/mol. The molecular formula is C15H24N2O. The summed E-state index contributed by atoms with van der Waals surface area (Å²) in [6.07, 6.45) is 3.02. The lowest BCUT2D eigenvalue weighted by atomic mass is 10.0. The fraction of sp³-hybridized carbons (Fsp3) is 0.533. The molecule has 0 fully saturated rings. The van der Waals surface area contributed by atoms with Crippen molar-refractivity contribution >= 4 is 5.91 Å². The number of rotatable bonds is 7. The Kier molecular flexibility index (Phi) is 6.44. The summed E-state index contributed by atoms with van der Waals surface area (Å²) >= 11 is 0. The molecule has 1 aromatic rings. The van der Waals surface area contributed by atoms with Gasteiger partial charge in [-0.05, 0) is 36.6 Å². The molecule has 1 aromatic carbocycles. The van der Waals surface area contributed by atoms with Crippen LogP contribution in [-0.2, 0) is 6.42 Å². The van der Waals surface area contributed by atoms with Crippen molar-refractivity contribution in [3.63, 3.8) is 0 Å².